The van der Waals surface area contributed by atoms with Crippen LogP contribution in [0.1, 0.15) is 26.7 Å². The first-order chi connectivity index (χ1) is 8.17. The molecule has 0 aromatic rings. The van der Waals surface area contributed by atoms with Crippen LogP contribution in [0.5, 0.6) is 0 Å². The molecule has 0 aromatic heterocycles. The molecule has 0 spiro atoms. The van der Waals surface area contributed by atoms with Crippen molar-refractivity contribution in [3.63, 3.8) is 0 Å². The highest BCUT2D eigenvalue weighted by atomic mass is 19.4. The van der Waals surface area contributed by atoms with Crippen molar-refractivity contribution in [3.8, 4) is 0 Å². The van der Waals surface area contributed by atoms with E-state index in [1.54, 1.807) is 13.8 Å². The van der Waals surface area contributed by atoms with Crippen molar-refractivity contribution in [3.05, 3.63) is 0 Å². The molecule has 0 radical (unpaired) electrons. The standard InChI is InChI=1S/C10H16F3NO4/c1-3-9(4-2,7(15)16)5-14-8(17)18-6-10(11,12)13/h3-6H2,1-2H3,(H,14,17)(H,15,16). The Hall–Kier alpha value is -1.47. The summed E-state index contributed by atoms with van der Waals surface area (Å²) in [5.74, 6) is -1.11. The van der Waals surface area contributed by atoms with Crippen LogP contribution in [-0.2, 0) is 9.53 Å². The smallest absolute Gasteiger partial charge is 0.422 e. The number of carbonyl (C=O) groups excluding carboxylic acids is 1. The molecule has 5 nitrogen and oxygen atoms in total. The van der Waals surface area contributed by atoms with Crippen molar-refractivity contribution in [2.75, 3.05) is 13.2 Å². The van der Waals surface area contributed by atoms with Crippen molar-refractivity contribution in [1.82, 2.24) is 5.32 Å². The van der Waals surface area contributed by atoms with Crippen LogP contribution in [0.2, 0.25) is 0 Å². The molecule has 1 amide bonds. The van der Waals surface area contributed by atoms with Crippen LogP contribution in [0, 0.1) is 5.41 Å². The van der Waals surface area contributed by atoms with Crippen LogP contribution in [0.15, 0.2) is 0 Å². The summed E-state index contributed by atoms with van der Waals surface area (Å²) in [5, 5.41) is 11.1. The lowest BCUT2D eigenvalue weighted by atomic mass is 9.82. The molecule has 2 N–H and O–H groups in total. The molecule has 0 bridgehead atoms. The van der Waals surface area contributed by atoms with Gasteiger partial charge in [-0.15, -0.1) is 0 Å². The fraction of sp³-hybridized carbons (Fsp3) is 0.800. The molecule has 0 fully saturated rings. The van der Waals surface area contributed by atoms with E-state index in [2.05, 4.69) is 4.74 Å². The third-order valence-corrected chi connectivity index (χ3v) is 2.75. The second-order valence-corrected chi connectivity index (χ2v) is 3.84. The first-order valence-corrected chi connectivity index (χ1v) is 5.37. The summed E-state index contributed by atoms with van der Waals surface area (Å²) >= 11 is 0. The van der Waals surface area contributed by atoms with Gasteiger partial charge in [0.15, 0.2) is 6.61 Å². The summed E-state index contributed by atoms with van der Waals surface area (Å²) in [5.41, 5.74) is -1.18. The van der Waals surface area contributed by atoms with E-state index in [1.165, 1.54) is 0 Å². The van der Waals surface area contributed by atoms with Crippen molar-refractivity contribution < 1.29 is 32.6 Å². The maximum Gasteiger partial charge on any atom is 0.422 e. The second-order valence-electron chi connectivity index (χ2n) is 3.84. The van der Waals surface area contributed by atoms with Crippen molar-refractivity contribution >= 4 is 12.1 Å². The Balaban J connectivity index is 4.29. The Morgan fingerprint density at radius 3 is 2.06 bits per heavy atom. The maximum absolute atomic E-state index is 11.8. The van der Waals surface area contributed by atoms with Gasteiger partial charge >= 0.3 is 18.2 Å². The van der Waals surface area contributed by atoms with Gasteiger partial charge in [0.2, 0.25) is 0 Å². The Morgan fingerprint density at radius 2 is 1.72 bits per heavy atom. The first kappa shape index (κ1) is 16.5. The van der Waals surface area contributed by atoms with Crippen molar-refractivity contribution in [1.29, 1.82) is 0 Å². The molecule has 0 rings (SSSR count). The fourth-order valence-electron chi connectivity index (χ4n) is 1.32. The number of hydrogen-bond acceptors (Lipinski definition) is 3. The minimum Gasteiger partial charge on any atom is -0.481 e. The number of halogens is 3. The minimum atomic E-state index is -4.60. The quantitative estimate of drug-likeness (QED) is 0.776. The molecular formula is C10H16F3NO4. The number of carboxylic acid groups (broad SMARTS) is 1. The topological polar surface area (TPSA) is 75.6 Å². The van der Waals surface area contributed by atoms with Crippen LogP contribution in [-0.4, -0.2) is 36.5 Å². The lowest BCUT2D eigenvalue weighted by Gasteiger charge is -2.26. The number of rotatable bonds is 6. The summed E-state index contributed by atoms with van der Waals surface area (Å²) in [4.78, 5) is 22.0. The van der Waals surface area contributed by atoms with Gasteiger partial charge in [-0.25, -0.2) is 4.79 Å². The Bertz CT molecular complexity index is 300. The van der Waals surface area contributed by atoms with Gasteiger partial charge in [0.05, 0.1) is 5.41 Å². The normalized spacial score (nSPS) is 12.1. The predicted molar refractivity (Wildman–Crippen MR) is 56.1 cm³/mol. The highest BCUT2D eigenvalue weighted by molar-refractivity contribution is 5.76. The van der Waals surface area contributed by atoms with Gasteiger partial charge in [0.25, 0.3) is 0 Å². The number of hydrogen-bond donors (Lipinski definition) is 2. The molecule has 0 aliphatic rings. The van der Waals surface area contributed by atoms with E-state index in [1.807, 2.05) is 5.32 Å². The fourth-order valence-corrected chi connectivity index (χ4v) is 1.32. The van der Waals surface area contributed by atoms with Gasteiger partial charge < -0.3 is 15.2 Å². The van der Waals surface area contributed by atoms with E-state index in [4.69, 9.17) is 5.11 Å². The number of alkyl halides is 3. The molecule has 0 atom stereocenters. The molecule has 8 heteroatoms. The lowest BCUT2D eigenvalue weighted by Crippen LogP contribution is -2.43. The first-order valence-electron chi connectivity index (χ1n) is 5.37. The third kappa shape index (κ3) is 5.24. The maximum atomic E-state index is 11.8. The Morgan fingerprint density at radius 1 is 1.22 bits per heavy atom. The molecule has 0 heterocycles. The lowest BCUT2D eigenvalue weighted by molar-refractivity contribution is -0.160. The average molecular weight is 271 g/mol. The molecule has 18 heavy (non-hydrogen) atoms. The summed E-state index contributed by atoms with van der Waals surface area (Å²) in [6.45, 7) is 1.28. The van der Waals surface area contributed by atoms with E-state index in [-0.39, 0.29) is 19.4 Å². The van der Waals surface area contributed by atoms with E-state index in [0.29, 0.717) is 0 Å². The van der Waals surface area contributed by atoms with Gasteiger partial charge in [-0.05, 0) is 12.8 Å². The van der Waals surface area contributed by atoms with Crippen molar-refractivity contribution in [2.24, 2.45) is 5.41 Å². The number of amides is 1. The van der Waals surface area contributed by atoms with E-state index < -0.39 is 30.3 Å². The average Bonchev–Trinajstić information content (AvgIpc) is 2.27. The number of nitrogens with one attached hydrogen (secondary N) is 1. The predicted octanol–water partition coefficient (Wildman–Crippen LogP) is 2.17. The Kier molecular flexibility index (Phi) is 5.93. The van der Waals surface area contributed by atoms with Crippen LogP contribution in [0.4, 0.5) is 18.0 Å². The molecule has 106 valence electrons. The largest absolute Gasteiger partial charge is 0.481 e. The molecule has 0 saturated heterocycles. The van der Waals surface area contributed by atoms with E-state index in [9.17, 15) is 22.8 Å². The molecule has 0 saturated carbocycles. The SMILES string of the molecule is CCC(CC)(CNC(=O)OCC(F)(F)F)C(=O)O. The van der Waals surface area contributed by atoms with Crippen LogP contribution in [0.3, 0.4) is 0 Å². The van der Waals surface area contributed by atoms with Crippen LogP contribution >= 0.6 is 0 Å². The zero-order valence-corrected chi connectivity index (χ0v) is 10.1. The van der Waals surface area contributed by atoms with Crippen LogP contribution in [0.25, 0.3) is 0 Å². The van der Waals surface area contributed by atoms with Crippen LogP contribution < -0.4 is 5.32 Å². The zero-order valence-electron chi connectivity index (χ0n) is 10.1. The summed E-state index contributed by atoms with van der Waals surface area (Å²) in [6.07, 6.45) is -5.38. The van der Waals surface area contributed by atoms with Crippen molar-refractivity contribution in [2.45, 2.75) is 32.9 Å². The van der Waals surface area contributed by atoms with Gasteiger partial charge in [-0.2, -0.15) is 13.2 Å². The molecule has 0 aliphatic heterocycles. The molecular weight excluding hydrogens is 255 g/mol. The molecule has 0 aliphatic carbocycles. The summed E-state index contributed by atoms with van der Waals surface area (Å²) in [7, 11) is 0. The highest BCUT2D eigenvalue weighted by Gasteiger charge is 2.36. The molecule has 0 unspecified atom stereocenters. The van der Waals surface area contributed by atoms with Gasteiger partial charge in [-0.1, -0.05) is 13.8 Å². The highest BCUT2D eigenvalue weighted by Crippen LogP contribution is 2.25. The number of carbonyl (C=O) groups is 2. The van der Waals surface area contributed by atoms with Gasteiger partial charge in [0.1, 0.15) is 0 Å². The number of alkyl carbamates (subject to hydrolysis) is 1. The monoisotopic (exact) mass is 271 g/mol. The van der Waals surface area contributed by atoms with Gasteiger partial charge in [0, 0.05) is 6.54 Å². The van der Waals surface area contributed by atoms with Gasteiger partial charge in [-0.3, -0.25) is 4.79 Å². The Labute approximate surface area is 102 Å². The minimum absolute atomic E-state index is 0.248. The van der Waals surface area contributed by atoms with E-state index >= 15 is 0 Å². The molecule has 0 aromatic carbocycles. The zero-order chi connectivity index (χ0) is 14.4. The van der Waals surface area contributed by atoms with E-state index in [0.717, 1.165) is 0 Å². The third-order valence-electron chi connectivity index (χ3n) is 2.75. The summed E-state index contributed by atoms with van der Waals surface area (Å²) in [6, 6.07) is 0. The number of ether oxygens (including phenoxy) is 1. The number of aliphatic carboxylic acids is 1. The summed E-state index contributed by atoms with van der Waals surface area (Å²) < 4.78 is 39.2. The number of carboxylic acids is 1. The second kappa shape index (κ2) is 6.46.